The maximum Gasteiger partial charge on any atom is 0.226 e. The van der Waals surface area contributed by atoms with Crippen LogP contribution in [0.3, 0.4) is 0 Å². The number of rotatable bonds is 3. The molecule has 3 aromatic rings. The molecule has 1 atom stereocenters. The molecular formula is C25H27FN2O2. The standard InChI is InChI=1S/C25H27FN2O2/c1-16-14-18(9-11-20(16)26)19-10-12-23-21(15-19)27-24(30-23)22-8-5-13-28(22)25(29)17-6-3-2-4-7-17/h9-12,14-15,17,22H,2-8,13H2,1H3/t22-/m1/s1. The van der Waals surface area contributed by atoms with Gasteiger partial charge in [-0.25, -0.2) is 9.37 Å². The van der Waals surface area contributed by atoms with Crippen LogP contribution >= 0.6 is 0 Å². The Morgan fingerprint density at radius 1 is 1.03 bits per heavy atom. The number of benzene rings is 2. The Morgan fingerprint density at radius 2 is 1.80 bits per heavy atom. The molecule has 2 fully saturated rings. The second-order valence-corrected chi connectivity index (χ2v) is 8.72. The molecule has 2 aliphatic rings. The topological polar surface area (TPSA) is 46.3 Å². The van der Waals surface area contributed by atoms with Crippen molar-refractivity contribution in [3.63, 3.8) is 0 Å². The van der Waals surface area contributed by atoms with Crippen molar-refractivity contribution in [2.24, 2.45) is 5.92 Å². The summed E-state index contributed by atoms with van der Waals surface area (Å²) in [7, 11) is 0. The minimum atomic E-state index is -0.201. The first-order valence-electron chi connectivity index (χ1n) is 11.1. The maximum atomic E-state index is 13.6. The van der Waals surface area contributed by atoms with Gasteiger partial charge in [0.15, 0.2) is 5.58 Å². The molecule has 1 saturated carbocycles. The van der Waals surface area contributed by atoms with Crippen molar-refractivity contribution in [1.82, 2.24) is 9.88 Å². The number of aromatic nitrogens is 1. The summed E-state index contributed by atoms with van der Waals surface area (Å²) in [6.07, 6.45) is 7.46. The van der Waals surface area contributed by atoms with Gasteiger partial charge in [0.25, 0.3) is 0 Å². The highest BCUT2D eigenvalue weighted by Crippen LogP contribution is 2.37. The summed E-state index contributed by atoms with van der Waals surface area (Å²) < 4.78 is 19.7. The number of oxazole rings is 1. The van der Waals surface area contributed by atoms with Crippen molar-refractivity contribution in [3.05, 3.63) is 53.7 Å². The Kier molecular flexibility index (Phi) is 5.05. The van der Waals surface area contributed by atoms with Gasteiger partial charge in [-0.1, -0.05) is 31.4 Å². The van der Waals surface area contributed by atoms with E-state index in [1.54, 1.807) is 13.0 Å². The van der Waals surface area contributed by atoms with E-state index in [-0.39, 0.29) is 23.7 Å². The van der Waals surface area contributed by atoms with Crippen LogP contribution in [0.1, 0.15) is 62.4 Å². The molecule has 5 rings (SSSR count). The van der Waals surface area contributed by atoms with Gasteiger partial charge in [0.1, 0.15) is 17.4 Å². The molecular weight excluding hydrogens is 379 g/mol. The molecule has 2 aromatic carbocycles. The van der Waals surface area contributed by atoms with E-state index in [0.717, 1.165) is 67.3 Å². The van der Waals surface area contributed by atoms with Gasteiger partial charge in [-0.2, -0.15) is 0 Å². The summed E-state index contributed by atoms with van der Waals surface area (Å²) >= 11 is 0. The lowest BCUT2D eigenvalue weighted by Gasteiger charge is -2.29. The molecule has 1 amide bonds. The third-order valence-electron chi connectivity index (χ3n) is 6.67. The van der Waals surface area contributed by atoms with Crippen molar-refractivity contribution in [3.8, 4) is 11.1 Å². The molecule has 1 saturated heterocycles. The Bertz CT molecular complexity index is 1080. The van der Waals surface area contributed by atoms with Crippen LogP contribution in [0.4, 0.5) is 4.39 Å². The van der Waals surface area contributed by atoms with Crippen LogP contribution in [0.25, 0.3) is 22.2 Å². The lowest BCUT2D eigenvalue weighted by Crippen LogP contribution is -2.36. The fraction of sp³-hybridized carbons (Fsp3) is 0.440. The van der Waals surface area contributed by atoms with Crippen molar-refractivity contribution >= 4 is 17.0 Å². The van der Waals surface area contributed by atoms with E-state index in [0.29, 0.717) is 11.5 Å². The fourth-order valence-corrected chi connectivity index (χ4v) is 4.96. The quantitative estimate of drug-likeness (QED) is 0.521. The monoisotopic (exact) mass is 406 g/mol. The number of fused-ring (bicyclic) bond motifs is 1. The minimum Gasteiger partial charge on any atom is -0.438 e. The number of nitrogens with zero attached hydrogens (tertiary/aromatic N) is 2. The molecule has 1 aromatic heterocycles. The molecule has 4 nitrogen and oxygen atoms in total. The molecule has 0 spiro atoms. The highest BCUT2D eigenvalue weighted by Gasteiger charge is 2.36. The zero-order valence-corrected chi connectivity index (χ0v) is 17.4. The first-order chi connectivity index (χ1) is 14.6. The van der Waals surface area contributed by atoms with E-state index in [4.69, 9.17) is 9.40 Å². The van der Waals surface area contributed by atoms with E-state index in [2.05, 4.69) is 0 Å². The number of amides is 1. The summed E-state index contributed by atoms with van der Waals surface area (Å²) in [5.74, 6) is 0.880. The molecule has 156 valence electrons. The number of carbonyl (C=O) groups excluding carboxylic acids is 1. The number of likely N-dealkylation sites (tertiary alicyclic amines) is 1. The fourth-order valence-electron chi connectivity index (χ4n) is 4.96. The van der Waals surface area contributed by atoms with Gasteiger partial charge in [0.05, 0.1) is 0 Å². The number of hydrogen-bond acceptors (Lipinski definition) is 3. The predicted octanol–water partition coefficient (Wildman–Crippen LogP) is 6.19. The second kappa shape index (κ2) is 7.86. The summed E-state index contributed by atoms with van der Waals surface area (Å²) in [4.78, 5) is 19.9. The van der Waals surface area contributed by atoms with Gasteiger partial charge in [-0.15, -0.1) is 0 Å². The van der Waals surface area contributed by atoms with Gasteiger partial charge >= 0.3 is 0 Å². The summed E-state index contributed by atoms with van der Waals surface area (Å²) in [6.45, 7) is 2.56. The first-order valence-corrected chi connectivity index (χ1v) is 11.1. The molecule has 1 aliphatic carbocycles. The van der Waals surface area contributed by atoms with E-state index in [1.165, 1.54) is 12.5 Å². The maximum absolute atomic E-state index is 13.6. The minimum absolute atomic E-state index is 0.0663. The molecule has 5 heteroatoms. The third kappa shape index (κ3) is 3.51. The van der Waals surface area contributed by atoms with E-state index in [9.17, 15) is 9.18 Å². The highest BCUT2D eigenvalue weighted by molar-refractivity contribution is 5.81. The first kappa shape index (κ1) is 19.3. The average Bonchev–Trinajstić information content (AvgIpc) is 3.42. The smallest absolute Gasteiger partial charge is 0.226 e. The van der Waals surface area contributed by atoms with Crippen LogP contribution < -0.4 is 0 Å². The number of hydrogen-bond donors (Lipinski definition) is 0. The Hall–Kier alpha value is -2.69. The van der Waals surface area contributed by atoms with E-state index < -0.39 is 0 Å². The number of halogens is 1. The molecule has 30 heavy (non-hydrogen) atoms. The Balaban J connectivity index is 1.42. The van der Waals surface area contributed by atoms with Crippen LogP contribution in [0.2, 0.25) is 0 Å². The van der Waals surface area contributed by atoms with Gasteiger partial charge in [-0.3, -0.25) is 4.79 Å². The second-order valence-electron chi connectivity index (χ2n) is 8.72. The molecule has 0 bridgehead atoms. The van der Waals surface area contributed by atoms with Gasteiger partial charge < -0.3 is 9.32 Å². The molecule has 0 radical (unpaired) electrons. The van der Waals surface area contributed by atoms with Crippen molar-refractivity contribution in [1.29, 1.82) is 0 Å². The van der Waals surface area contributed by atoms with Crippen molar-refractivity contribution < 1.29 is 13.6 Å². The predicted molar refractivity (Wildman–Crippen MR) is 114 cm³/mol. The van der Waals surface area contributed by atoms with Crippen LogP contribution in [0.15, 0.2) is 40.8 Å². The number of carbonyl (C=O) groups is 1. The van der Waals surface area contributed by atoms with Gasteiger partial charge in [0, 0.05) is 12.5 Å². The van der Waals surface area contributed by atoms with Gasteiger partial charge in [-0.05, 0) is 73.6 Å². The molecule has 1 aliphatic heterocycles. The lowest BCUT2D eigenvalue weighted by atomic mass is 9.88. The van der Waals surface area contributed by atoms with Crippen LogP contribution in [0, 0.1) is 18.7 Å². The number of aryl methyl sites for hydroxylation is 1. The summed E-state index contributed by atoms with van der Waals surface area (Å²) in [5, 5.41) is 0. The molecule has 0 unspecified atom stereocenters. The van der Waals surface area contributed by atoms with Crippen LogP contribution in [0.5, 0.6) is 0 Å². The van der Waals surface area contributed by atoms with Gasteiger partial charge in [0.2, 0.25) is 11.8 Å². The average molecular weight is 407 g/mol. The molecule has 2 heterocycles. The lowest BCUT2D eigenvalue weighted by molar-refractivity contribution is -0.137. The largest absolute Gasteiger partial charge is 0.438 e. The Labute approximate surface area is 176 Å². The summed E-state index contributed by atoms with van der Waals surface area (Å²) in [6, 6.07) is 10.9. The van der Waals surface area contributed by atoms with Crippen LogP contribution in [-0.2, 0) is 4.79 Å². The third-order valence-corrected chi connectivity index (χ3v) is 6.67. The molecule has 0 N–H and O–H groups in total. The normalized spacial score (nSPS) is 20.2. The highest BCUT2D eigenvalue weighted by atomic mass is 19.1. The van der Waals surface area contributed by atoms with E-state index in [1.807, 2.05) is 29.2 Å². The van der Waals surface area contributed by atoms with Crippen molar-refractivity contribution in [2.45, 2.75) is 57.9 Å². The Morgan fingerprint density at radius 3 is 2.60 bits per heavy atom. The zero-order valence-electron chi connectivity index (χ0n) is 17.4. The van der Waals surface area contributed by atoms with Crippen LogP contribution in [-0.4, -0.2) is 22.3 Å². The summed E-state index contributed by atoms with van der Waals surface area (Å²) in [5.41, 5.74) is 4.06. The van der Waals surface area contributed by atoms with Crippen molar-refractivity contribution in [2.75, 3.05) is 6.54 Å². The SMILES string of the molecule is Cc1cc(-c2ccc3oc([C@H]4CCCN4C(=O)C4CCCCC4)nc3c2)ccc1F. The zero-order chi connectivity index (χ0) is 20.7. The van der Waals surface area contributed by atoms with E-state index >= 15 is 0 Å².